The van der Waals surface area contributed by atoms with Crippen LogP contribution in [0.3, 0.4) is 0 Å². The van der Waals surface area contributed by atoms with Gasteiger partial charge >= 0.3 is 5.69 Å². The topological polar surface area (TPSA) is 71.3 Å². The summed E-state index contributed by atoms with van der Waals surface area (Å²) in [7, 11) is 0. The van der Waals surface area contributed by atoms with Gasteiger partial charge in [-0.25, -0.2) is 4.98 Å². The Morgan fingerprint density at radius 3 is 2.68 bits per heavy atom. The summed E-state index contributed by atoms with van der Waals surface area (Å²) < 4.78 is 0. The lowest BCUT2D eigenvalue weighted by molar-refractivity contribution is -0.384. The predicted molar refractivity (Wildman–Crippen MR) is 99.3 cm³/mol. The molecule has 0 amide bonds. The van der Waals surface area contributed by atoms with Crippen LogP contribution >= 0.6 is 23.2 Å². The van der Waals surface area contributed by atoms with Gasteiger partial charge < -0.3 is 5.32 Å². The van der Waals surface area contributed by atoms with Crippen molar-refractivity contribution in [3.63, 3.8) is 0 Å². The molecular formula is C17H18Cl2N4O2. The second-order valence-corrected chi connectivity index (χ2v) is 6.89. The lowest BCUT2D eigenvalue weighted by atomic mass is 10.0. The van der Waals surface area contributed by atoms with Crippen LogP contribution in [0.1, 0.15) is 18.4 Å². The number of anilines is 1. The fourth-order valence-electron chi connectivity index (χ4n) is 2.98. The molecule has 3 rings (SSSR count). The molecule has 1 aromatic carbocycles. The molecule has 0 bridgehead atoms. The van der Waals surface area contributed by atoms with Crippen LogP contribution in [-0.2, 0) is 6.54 Å². The Balaban J connectivity index is 1.55. The van der Waals surface area contributed by atoms with Gasteiger partial charge in [-0.15, -0.1) is 0 Å². The molecule has 0 aliphatic carbocycles. The lowest BCUT2D eigenvalue weighted by Crippen LogP contribution is -2.38. The van der Waals surface area contributed by atoms with Gasteiger partial charge in [-0.05, 0) is 36.6 Å². The van der Waals surface area contributed by atoms with Gasteiger partial charge in [0, 0.05) is 37.9 Å². The van der Waals surface area contributed by atoms with E-state index >= 15 is 0 Å². The fourth-order valence-corrected chi connectivity index (χ4v) is 3.30. The molecule has 1 fully saturated rings. The largest absolute Gasteiger partial charge is 0.362 e. The van der Waals surface area contributed by atoms with Crippen molar-refractivity contribution in [2.45, 2.75) is 25.4 Å². The highest BCUT2D eigenvalue weighted by Crippen LogP contribution is 2.26. The molecule has 1 aliphatic rings. The number of nitrogens with zero attached hydrogens (tertiary/aromatic N) is 3. The normalized spacial score (nSPS) is 15.9. The van der Waals surface area contributed by atoms with Crippen molar-refractivity contribution < 1.29 is 4.92 Å². The second kappa shape index (κ2) is 7.99. The van der Waals surface area contributed by atoms with E-state index in [1.54, 1.807) is 12.3 Å². The summed E-state index contributed by atoms with van der Waals surface area (Å²) in [6, 6.07) is 8.91. The van der Waals surface area contributed by atoms with E-state index in [2.05, 4.69) is 15.2 Å². The van der Waals surface area contributed by atoms with Crippen molar-refractivity contribution in [2.75, 3.05) is 18.4 Å². The van der Waals surface area contributed by atoms with Gasteiger partial charge in [-0.3, -0.25) is 15.0 Å². The van der Waals surface area contributed by atoms with Gasteiger partial charge in [0.2, 0.25) is 5.82 Å². The number of rotatable bonds is 5. The number of hydrogen-bond acceptors (Lipinski definition) is 5. The quantitative estimate of drug-likeness (QED) is 0.615. The van der Waals surface area contributed by atoms with Gasteiger partial charge in [-0.2, -0.15) is 0 Å². The van der Waals surface area contributed by atoms with E-state index in [0.717, 1.165) is 38.0 Å². The zero-order chi connectivity index (χ0) is 17.8. The van der Waals surface area contributed by atoms with Crippen LogP contribution in [0, 0.1) is 10.1 Å². The number of nitrogens with one attached hydrogen (secondary N) is 1. The molecule has 0 atom stereocenters. The molecule has 1 aromatic heterocycles. The number of pyridine rings is 1. The molecule has 1 saturated heterocycles. The van der Waals surface area contributed by atoms with Crippen molar-refractivity contribution in [3.05, 3.63) is 62.3 Å². The van der Waals surface area contributed by atoms with Crippen molar-refractivity contribution in [2.24, 2.45) is 0 Å². The Bertz CT molecular complexity index is 764. The number of aromatic nitrogens is 1. The molecule has 2 aromatic rings. The highest BCUT2D eigenvalue weighted by molar-refractivity contribution is 6.42. The predicted octanol–water partition coefficient (Wildman–Crippen LogP) is 4.37. The number of piperidine rings is 1. The first-order valence-corrected chi connectivity index (χ1v) is 8.81. The van der Waals surface area contributed by atoms with Crippen molar-refractivity contribution in [1.29, 1.82) is 0 Å². The molecule has 2 heterocycles. The Kier molecular flexibility index (Phi) is 5.73. The molecule has 8 heteroatoms. The summed E-state index contributed by atoms with van der Waals surface area (Å²) in [5.74, 6) is 0.343. The third-order valence-electron chi connectivity index (χ3n) is 4.30. The zero-order valence-electron chi connectivity index (χ0n) is 13.5. The minimum absolute atomic E-state index is 0.0146. The Morgan fingerprint density at radius 2 is 2.00 bits per heavy atom. The van der Waals surface area contributed by atoms with E-state index in [-0.39, 0.29) is 11.7 Å². The van der Waals surface area contributed by atoms with Crippen LogP contribution in [0.2, 0.25) is 10.0 Å². The molecule has 6 nitrogen and oxygen atoms in total. The first-order valence-electron chi connectivity index (χ1n) is 8.05. The van der Waals surface area contributed by atoms with Crippen molar-refractivity contribution >= 4 is 34.7 Å². The SMILES string of the molecule is O=[N+]([O-])c1cccnc1NC1CCN(Cc2ccc(Cl)c(Cl)c2)CC1. The van der Waals surface area contributed by atoms with E-state index in [9.17, 15) is 10.1 Å². The van der Waals surface area contributed by atoms with E-state index in [1.807, 2.05) is 18.2 Å². The van der Waals surface area contributed by atoms with Crippen LogP contribution in [-0.4, -0.2) is 33.9 Å². The van der Waals surface area contributed by atoms with Gasteiger partial charge in [0.05, 0.1) is 15.0 Å². The van der Waals surface area contributed by atoms with Gasteiger partial charge in [0.15, 0.2) is 0 Å². The van der Waals surface area contributed by atoms with Crippen molar-refractivity contribution in [1.82, 2.24) is 9.88 Å². The number of hydrogen-bond donors (Lipinski definition) is 1. The maximum atomic E-state index is 11.1. The van der Waals surface area contributed by atoms with Crippen molar-refractivity contribution in [3.8, 4) is 0 Å². The Labute approximate surface area is 155 Å². The number of nitro groups is 1. The molecule has 1 N–H and O–H groups in total. The van der Waals surface area contributed by atoms with E-state index in [0.29, 0.717) is 15.9 Å². The summed E-state index contributed by atoms with van der Waals surface area (Å²) in [5, 5.41) is 15.4. The summed E-state index contributed by atoms with van der Waals surface area (Å²) in [5.41, 5.74) is 1.14. The third kappa shape index (κ3) is 4.60. The molecular weight excluding hydrogens is 363 g/mol. The third-order valence-corrected chi connectivity index (χ3v) is 5.04. The first kappa shape index (κ1) is 17.9. The van der Waals surface area contributed by atoms with E-state index in [1.165, 1.54) is 6.07 Å². The van der Waals surface area contributed by atoms with Crippen LogP contribution < -0.4 is 5.32 Å². The highest BCUT2D eigenvalue weighted by Gasteiger charge is 2.22. The monoisotopic (exact) mass is 380 g/mol. The number of likely N-dealkylation sites (tertiary alicyclic amines) is 1. The average molecular weight is 381 g/mol. The zero-order valence-corrected chi connectivity index (χ0v) is 15.0. The van der Waals surface area contributed by atoms with Crippen LogP contribution in [0.4, 0.5) is 11.5 Å². The summed E-state index contributed by atoms with van der Waals surface area (Å²) in [6.07, 6.45) is 3.36. The average Bonchev–Trinajstić information content (AvgIpc) is 2.60. The van der Waals surface area contributed by atoms with Crippen LogP contribution in [0.25, 0.3) is 0 Å². The van der Waals surface area contributed by atoms with Gasteiger partial charge in [-0.1, -0.05) is 29.3 Å². The second-order valence-electron chi connectivity index (χ2n) is 6.07. The molecule has 0 spiro atoms. The molecule has 1 aliphatic heterocycles. The standard InChI is InChI=1S/C17H18Cl2N4O2/c18-14-4-3-12(10-15(14)19)11-22-8-5-13(6-9-22)21-17-16(23(24)25)2-1-7-20-17/h1-4,7,10,13H,5-6,8-9,11H2,(H,20,21). The molecule has 0 saturated carbocycles. The minimum Gasteiger partial charge on any atom is -0.362 e. The maximum Gasteiger partial charge on any atom is 0.311 e. The van der Waals surface area contributed by atoms with E-state index in [4.69, 9.17) is 23.2 Å². The Hall–Kier alpha value is -1.89. The summed E-state index contributed by atoms with van der Waals surface area (Å²) in [6.45, 7) is 2.62. The highest BCUT2D eigenvalue weighted by atomic mass is 35.5. The number of benzene rings is 1. The summed E-state index contributed by atoms with van der Waals surface area (Å²) in [4.78, 5) is 17.1. The molecule has 0 radical (unpaired) electrons. The summed E-state index contributed by atoms with van der Waals surface area (Å²) >= 11 is 12.0. The fraction of sp³-hybridized carbons (Fsp3) is 0.353. The van der Waals surface area contributed by atoms with Crippen LogP contribution in [0.15, 0.2) is 36.5 Å². The van der Waals surface area contributed by atoms with Crippen LogP contribution in [0.5, 0.6) is 0 Å². The van der Waals surface area contributed by atoms with Gasteiger partial charge in [0.25, 0.3) is 0 Å². The minimum atomic E-state index is -0.408. The van der Waals surface area contributed by atoms with E-state index < -0.39 is 4.92 Å². The Morgan fingerprint density at radius 1 is 1.24 bits per heavy atom. The smallest absolute Gasteiger partial charge is 0.311 e. The number of halogens is 2. The molecule has 0 unspecified atom stereocenters. The first-order chi connectivity index (χ1) is 12.0. The lowest BCUT2D eigenvalue weighted by Gasteiger charge is -2.32. The molecule has 132 valence electrons. The van der Waals surface area contributed by atoms with Gasteiger partial charge in [0.1, 0.15) is 0 Å². The molecule has 25 heavy (non-hydrogen) atoms. The maximum absolute atomic E-state index is 11.1.